The number of nitrogens with one attached hydrogen (secondary N) is 1. The van der Waals surface area contributed by atoms with Crippen LogP contribution in [0.4, 0.5) is 0 Å². The Morgan fingerprint density at radius 3 is 2.40 bits per heavy atom. The van der Waals surface area contributed by atoms with E-state index < -0.39 is 10.8 Å². The third-order valence-electron chi connectivity index (χ3n) is 5.18. The number of carbonyl (C=O) groups is 1. The van der Waals surface area contributed by atoms with E-state index in [1.165, 1.54) is 13.0 Å². The lowest BCUT2D eigenvalue weighted by Gasteiger charge is -2.34. The van der Waals surface area contributed by atoms with Gasteiger partial charge in [0.1, 0.15) is 5.76 Å². The fourth-order valence-electron chi connectivity index (χ4n) is 3.52. The average Bonchev–Trinajstić information content (AvgIpc) is 3.21. The Balaban J connectivity index is 1.37. The van der Waals surface area contributed by atoms with E-state index in [1.807, 2.05) is 24.3 Å². The molecule has 0 saturated carbocycles. The summed E-state index contributed by atoms with van der Waals surface area (Å²) in [5.41, 5.74) is 0. The number of carbonyl (C=O) groups excluding carboxylic acids is 1. The molecule has 1 saturated heterocycles. The maximum atomic E-state index is 12.5. The van der Waals surface area contributed by atoms with Gasteiger partial charge in [0, 0.05) is 42.1 Å². The van der Waals surface area contributed by atoms with Crippen LogP contribution < -0.4 is 5.32 Å². The summed E-state index contributed by atoms with van der Waals surface area (Å²) < 4.78 is 19.0. The van der Waals surface area contributed by atoms with Gasteiger partial charge in [0.05, 0.1) is 16.6 Å². The van der Waals surface area contributed by atoms with E-state index in [2.05, 4.69) is 38.0 Å². The van der Waals surface area contributed by atoms with Crippen LogP contribution in [0, 0.1) is 0 Å². The second kappa shape index (κ2) is 11.8. The highest BCUT2D eigenvalue weighted by molar-refractivity contribution is 9.10. The summed E-state index contributed by atoms with van der Waals surface area (Å²) in [7, 11) is -1.21. The van der Waals surface area contributed by atoms with Crippen molar-refractivity contribution >= 4 is 32.6 Å². The van der Waals surface area contributed by atoms with Crippen molar-refractivity contribution in [1.29, 1.82) is 0 Å². The van der Waals surface area contributed by atoms with Crippen LogP contribution >= 0.6 is 15.9 Å². The van der Waals surface area contributed by atoms with Gasteiger partial charge in [-0.3, -0.25) is 9.00 Å². The molecule has 1 unspecified atom stereocenters. The molecule has 6 nitrogen and oxygen atoms in total. The summed E-state index contributed by atoms with van der Waals surface area (Å²) >= 11 is 3.37. The smallest absolute Gasteiger partial charge is 0.286 e. The molecule has 1 aliphatic rings. The van der Waals surface area contributed by atoms with Gasteiger partial charge < -0.3 is 19.5 Å². The summed E-state index contributed by atoms with van der Waals surface area (Å²) in [4.78, 5) is 18.0. The van der Waals surface area contributed by atoms with E-state index in [0.717, 1.165) is 48.5 Å². The van der Waals surface area contributed by atoms with E-state index in [4.69, 9.17) is 4.42 Å². The first-order chi connectivity index (χ1) is 14.5. The molecule has 1 N–H and O–H groups in total. The van der Waals surface area contributed by atoms with Crippen molar-refractivity contribution in [3.05, 3.63) is 52.4 Å². The molecule has 1 amide bonds. The van der Waals surface area contributed by atoms with E-state index in [-0.39, 0.29) is 17.4 Å². The molecule has 164 valence electrons. The second-order valence-electron chi connectivity index (χ2n) is 7.50. The number of rotatable bonds is 10. The standard InChI is InChI=1S/C22H30BrN3O3S/c1-2-11-25-13-15-26(16-14-25)12-3-10-24-22(27)21-9-6-19(29-21)17-30(28)20-7-4-18(23)5-8-20/h4-9H,2-3,10-17H2,1H3,(H,24,27). The van der Waals surface area contributed by atoms with E-state index in [9.17, 15) is 9.00 Å². The zero-order chi connectivity index (χ0) is 21.3. The molecule has 8 heteroatoms. The van der Waals surface area contributed by atoms with Crippen LogP contribution in [0.25, 0.3) is 0 Å². The summed E-state index contributed by atoms with van der Waals surface area (Å²) in [6.45, 7) is 9.50. The first-order valence-electron chi connectivity index (χ1n) is 10.5. The summed E-state index contributed by atoms with van der Waals surface area (Å²) in [5, 5.41) is 2.92. The van der Waals surface area contributed by atoms with Gasteiger partial charge in [-0.05, 0) is 62.3 Å². The van der Waals surface area contributed by atoms with E-state index in [0.29, 0.717) is 12.3 Å². The van der Waals surface area contributed by atoms with Crippen molar-refractivity contribution in [2.24, 2.45) is 0 Å². The van der Waals surface area contributed by atoms with Crippen molar-refractivity contribution in [2.75, 3.05) is 45.8 Å². The Morgan fingerprint density at radius 1 is 1.07 bits per heavy atom. The SMILES string of the molecule is CCCN1CCN(CCCNC(=O)c2ccc(CS(=O)c3ccc(Br)cc3)o2)CC1. The molecule has 0 aliphatic carbocycles. The summed E-state index contributed by atoms with van der Waals surface area (Å²) in [6.07, 6.45) is 2.13. The predicted molar refractivity (Wildman–Crippen MR) is 123 cm³/mol. The van der Waals surface area contributed by atoms with Gasteiger partial charge in [-0.2, -0.15) is 0 Å². The Kier molecular flexibility index (Phi) is 9.11. The second-order valence-corrected chi connectivity index (χ2v) is 9.87. The molecule has 3 rings (SSSR count). The fourth-order valence-corrected chi connectivity index (χ4v) is 4.81. The predicted octanol–water partition coefficient (Wildman–Crippen LogP) is 3.50. The Labute approximate surface area is 189 Å². The zero-order valence-electron chi connectivity index (χ0n) is 17.4. The monoisotopic (exact) mass is 495 g/mol. The van der Waals surface area contributed by atoms with Gasteiger partial charge in [-0.15, -0.1) is 0 Å². The number of furan rings is 1. The quantitative estimate of drug-likeness (QED) is 0.511. The van der Waals surface area contributed by atoms with Crippen LogP contribution in [0.5, 0.6) is 0 Å². The molecule has 2 heterocycles. The largest absolute Gasteiger partial charge is 0.455 e. The van der Waals surface area contributed by atoms with E-state index in [1.54, 1.807) is 12.1 Å². The molecular weight excluding hydrogens is 466 g/mol. The van der Waals surface area contributed by atoms with Crippen molar-refractivity contribution in [3.63, 3.8) is 0 Å². The number of benzene rings is 1. The van der Waals surface area contributed by atoms with Crippen molar-refractivity contribution in [3.8, 4) is 0 Å². The Hall–Kier alpha value is -1.48. The lowest BCUT2D eigenvalue weighted by atomic mass is 10.2. The number of hydrogen-bond acceptors (Lipinski definition) is 5. The fraction of sp³-hybridized carbons (Fsp3) is 0.500. The first-order valence-corrected chi connectivity index (χ1v) is 12.6. The third-order valence-corrected chi connectivity index (χ3v) is 7.05. The maximum Gasteiger partial charge on any atom is 0.286 e. The summed E-state index contributed by atoms with van der Waals surface area (Å²) in [5.74, 6) is 0.847. The van der Waals surface area contributed by atoms with Crippen molar-refractivity contribution in [1.82, 2.24) is 15.1 Å². The third kappa shape index (κ3) is 7.04. The van der Waals surface area contributed by atoms with Gasteiger partial charge in [-0.1, -0.05) is 22.9 Å². The van der Waals surface area contributed by atoms with Crippen LogP contribution in [0.15, 0.2) is 50.2 Å². The average molecular weight is 496 g/mol. The minimum absolute atomic E-state index is 0.219. The Bertz CT molecular complexity index is 832. The van der Waals surface area contributed by atoms with Gasteiger partial charge >= 0.3 is 0 Å². The topological polar surface area (TPSA) is 65.8 Å². The molecule has 0 bridgehead atoms. The normalized spacial score (nSPS) is 16.5. The Morgan fingerprint density at radius 2 is 1.73 bits per heavy atom. The highest BCUT2D eigenvalue weighted by Crippen LogP contribution is 2.17. The van der Waals surface area contributed by atoms with Crippen LogP contribution in [0.3, 0.4) is 0 Å². The lowest BCUT2D eigenvalue weighted by molar-refractivity contribution is 0.0919. The van der Waals surface area contributed by atoms with E-state index >= 15 is 0 Å². The first kappa shape index (κ1) is 23.2. The number of halogens is 1. The van der Waals surface area contributed by atoms with Gasteiger partial charge in [-0.25, -0.2) is 0 Å². The molecule has 1 fully saturated rings. The van der Waals surface area contributed by atoms with Crippen LogP contribution in [0.1, 0.15) is 36.1 Å². The van der Waals surface area contributed by atoms with Crippen LogP contribution in [-0.2, 0) is 16.6 Å². The number of hydrogen-bond donors (Lipinski definition) is 1. The zero-order valence-corrected chi connectivity index (χ0v) is 19.8. The highest BCUT2D eigenvalue weighted by Gasteiger charge is 2.16. The minimum Gasteiger partial charge on any atom is -0.455 e. The molecule has 1 aromatic heterocycles. The van der Waals surface area contributed by atoms with Crippen LogP contribution in [0.2, 0.25) is 0 Å². The van der Waals surface area contributed by atoms with Crippen LogP contribution in [-0.4, -0.2) is 65.7 Å². The molecule has 1 aromatic carbocycles. The molecule has 1 aliphatic heterocycles. The molecule has 0 spiro atoms. The molecule has 1 atom stereocenters. The number of piperazine rings is 1. The highest BCUT2D eigenvalue weighted by atomic mass is 79.9. The molecular formula is C22H30BrN3O3S. The number of nitrogens with zero attached hydrogens (tertiary/aromatic N) is 2. The van der Waals surface area contributed by atoms with Gasteiger partial charge in [0.2, 0.25) is 0 Å². The van der Waals surface area contributed by atoms with Gasteiger partial charge in [0.15, 0.2) is 5.76 Å². The van der Waals surface area contributed by atoms with Gasteiger partial charge in [0.25, 0.3) is 5.91 Å². The molecule has 30 heavy (non-hydrogen) atoms. The molecule has 2 aromatic rings. The minimum atomic E-state index is -1.21. The maximum absolute atomic E-state index is 12.5. The number of amides is 1. The summed E-state index contributed by atoms with van der Waals surface area (Å²) in [6, 6.07) is 10.7. The lowest BCUT2D eigenvalue weighted by Crippen LogP contribution is -2.47. The van der Waals surface area contributed by atoms with Crippen molar-refractivity contribution in [2.45, 2.75) is 30.4 Å². The van der Waals surface area contributed by atoms with Crippen molar-refractivity contribution < 1.29 is 13.4 Å². The molecule has 0 radical (unpaired) electrons.